The van der Waals surface area contributed by atoms with Crippen molar-refractivity contribution in [2.45, 2.75) is 38.1 Å². The van der Waals surface area contributed by atoms with E-state index in [-0.39, 0.29) is 6.61 Å². The Morgan fingerprint density at radius 1 is 1.00 bits per heavy atom. The van der Waals surface area contributed by atoms with E-state index in [9.17, 15) is 0 Å². The maximum atomic E-state index is 8.97. The van der Waals surface area contributed by atoms with E-state index in [1.807, 2.05) is 0 Å². The molecule has 2 heteroatoms. The Balaban J connectivity index is 1.78. The molecule has 0 aromatic heterocycles. The van der Waals surface area contributed by atoms with E-state index in [1.54, 1.807) is 0 Å². The number of fused-ring (bicyclic) bond motifs is 1. The molecule has 0 spiro atoms. The third-order valence-corrected chi connectivity index (χ3v) is 4.49. The van der Waals surface area contributed by atoms with Crippen molar-refractivity contribution in [2.75, 3.05) is 11.9 Å². The second kappa shape index (κ2) is 6.31. The minimum Gasteiger partial charge on any atom is -0.396 e. The van der Waals surface area contributed by atoms with E-state index in [1.165, 1.54) is 29.5 Å². The fourth-order valence-electron chi connectivity index (χ4n) is 3.25. The molecule has 2 atom stereocenters. The first-order valence-corrected chi connectivity index (χ1v) is 7.83. The van der Waals surface area contributed by atoms with Crippen LogP contribution in [-0.2, 0) is 6.42 Å². The van der Waals surface area contributed by atoms with Crippen LogP contribution in [0, 0.1) is 0 Å². The zero-order valence-corrected chi connectivity index (χ0v) is 12.5. The average Bonchev–Trinajstić information content (AvgIpc) is 2.52. The van der Waals surface area contributed by atoms with E-state index < -0.39 is 0 Å². The Labute approximate surface area is 126 Å². The number of nitrogens with one attached hydrogen (secondary N) is 1. The highest BCUT2D eigenvalue weighted by molar-refractivity contribution is 5.49. The summed E-state index contributed by atoms with van der Waals surface area (Å²) in [6, 6.07) is 17.6. The summed E-state index contributed by atoms with van der Waals surface area (Å²) < 4.78 is 0. The predicted molar refractivity (Wildman–Crippen MR) is 87.7 cm³/mol. The Bertz CT molecular complexity index is 591. The molecule has 1 aliphatic carbocycles. The lowest BCUT2D eigenvalue weighted by atomic mass is 9.81. The molecule has 110 valence electrons. The van der Waals surface area contributed by atoms with E-state index >= 15 is 0 Å². The van der Waals surface area contributed by atoms with Crippen LogP contribution in [0.5, 0.6) is 0 Å². The van der Waals surface area contributed by atoms with Crippen molar-refractivity contribution in [3.05, 3.63) is 65.2 Å². The van der Waals surface area contributed by atoms with Gasteiger partial charge in [-0.05, 0) is 54.0 Å². The summed E-state index contributed by atoms with van der Waals surface area (Å²) in [5, 5.41) is 12.6. The zero-order valence-electron chi connectivity index (χ0n) is 12.5. The minimum atomic E-state index is 0.209. The number of benzene rings is 2. The number of hydrogen-bond donors (Lipinski definition) is 2. The van der Waals surface area contributed by atoms with Crippen LogP contribution in [0.4, 0.5) is 5.69 Å². The maximum Gasteiger partial charge on any atom is 0.0516 e. The number of aliphatic hydroxyl groups is 1. The molecule has 0 saturated heterocycles. The highest BCUT2D eigenvalue weighted by Gasteiger charge is 2.23. The second-order valence-electron chi connectivity index (χ2n) is 5.97. The molecule has 0 heterocycles. The Morgan fingerprint density at radius 3 is 2.43 bits per heavy atom. The molecule has 0 amide bonds. The molecule has 2 N–H and O–H groups in total. The summed E-state index contributed by atoms with van der Waals surface area (Å²) in [7, 11) is 0. The van der Waals surface area contributed by atoms with E-state index in [2.05, 4.69) is 60.8 Å². The van der Waals surface area contributed by atoms with Crippen LogP contribution < -0.4 is 5.32 Å². The van der Waals surface area contributed by atoms with E-state index in [4.69, 9.17) is 5.11 Å². The zero-order chi connectivity index (χ0) is 14.7. The van der Waals surface area contributed by atoms with Gasteiger partial charge in [0.25, 0.3) is 0 Å². The first-order chi connectivity index (χ1) is 10.3. The lowest BCUT2D eigenvalue weighted by Gasteiger charge is -2.31. The first kappa shape index (κ1) is 14.2. The third kappa shape index (κ3) is 3.11. The molecule has 0 bridgehead atoms. The van der Waals surface area contributed by atoms with Crippen molar-refractivity contribution in [1.82, 2.24) is 0 Å². The summed E-state index contributed by atoms with van der Waals surface area (Å²) in [5.41, 5.74) is 5.26. The Hall–Kier alpha value is -1.80. The Kier molecular flexibility index (Phi) is 4.26. The smallest absolute Gasteiger partial charge is 0.0516 e. The highest BCUT2D eigenvalue weighted by Crippen LogP contribution is 2.38. The third-order valence-electron chi connectivity index (χ3n) is 4.49. The van der Waals surface area contributed by atoms with Gasteiger partial charge in [-0.25, -0.2) is 0 Å². The number of rotatable bonds is 4. The molecule has 21 heavy (non-hydrogen) atoms. The second-order valence-corrected chi connectivity index (χ2v) is 5.97. The van der Waals surface area contributed by atoms with Crippen LogP contribution in [0.1, 0.15) is 48.4 Å². The molecule has 0 radical (unpaired) electrons. The highest BCUT2D eigenvalue weighted by atomic mass is 16.2. The van der Waals surface area contributed by atoms with Gasteiger partial charge in [-0.3, -0.25) is 0 Å². The molecule has 3 rings (SSSR count). The monoisotopic (exact) mass is 281 g/mol. The van der Waals surface area contributed by atoms with Gasteiger partial charge in [0.05, 0.1) is 6.04 Å². The van der Waals surface area contributed by atoms with Crippen LogP contribution >= 0.6 is 0 Å². The van der Waals surface area contributed by atoms with Gasteiger partial charge in [0, 0.05) is 12.3 Å². The van der Waals surface area contributed by atoms with Gasteiger partial charge in [0.1, 0.15) is 0 Å². The topological polar surface area (TPSA) is 32.3 Å². The molecule has 2 unspecified atom stereocenters. The predicted octanol–water partition coefficient (Wildman–Crippen LogP) is 4.27. The summed E-state index contributed by atoms with van der Waals surface area (Å²) in [6.45, 7) is 2.53. The van der Waals surface area contributed by atoms with Crippen molar-refractivity contribution in [3.63, 3.8) is 0 Å². The summed E-state index contributed by atoms with van der Waals surface area (Å²) in [5.74, 6) is 0.659. The van der Waals surface area contributed by atoms with Crippen molar-refractivity contribution >= 4 is 5.69 Å². The molecule has 1 aliphatic rings. The molecule has 0 saturated carbocycles. The van der Waals surface area contributed by atoms with Gasteiger partial charge in [-0.15, -0.1) is 0 Å². The van der Waals surface area contributed by atoms with Crippen LogP contribution in [0.3, 0.4) is 0 Å². The summed E-state index contributed by atoms with van der Waals surface area (Å²) in [6.07, 6.45) is 3.14. The molecule has 0 fully saturated rings. The quantitative estimate of drug-likeness (QED) is 0.877. The van der Waals surface area contributed by atoms with Crippen LogP contribution in [0.15, 0.2) is 48.5 Å². The van der Waals surface area contributed by atoms with Crippen molar-refractivity contribution in [2.24, 2.45) is 0 Å². The van der Waals surface area contributed by atoms with E-state index in [0.29, 0.717) is 12.0 Å². The van der Waals surface area contributed by atoms with Gasteiger partial charge in [-0.1, -0.05) is 43.3 Å². The van der Waals surface area contributed by atoms with Crippen molar-refractivity contribution < 1.29 is 5.11 Å². The lowest BCUT2D eigenvalue weighted by molar-refractivity contribution is 0.299. The summed E-state index contributed by atoms with van der Waals surface area (Å²) in [4.78, 5) is 0. The average molecular weight is 281 g/mol. The first-order valence-electron chi connectivity index (χ1n) is 7.83. The fraction of sp³-hybridized carbons (Fsp3) is 0.368. The van der Waals surface area contributed by atoms with Crippen LogP contribution in [-0.4, -0.2) is 11.7 Å². The van der Waals surface area contributed by atoms with Gasteiger partial charge in [0.2, 0.25) is 0 Å². The van der Waals surface area contributed by atoms with Crippen LogP contribution in [0.2, 0.25) is 0 Å². The molecule has 2 aromatic carbocycles. The SMILES string of the molecule is CC1CCC(Nc2ccc(CCO)cc2)c2ccccc21. The van der Waals surface area contributed by atoms with Crippen LogP contribution in [0.25, 0.3) is 0 Å². The van der Waals surface area contributed by atoms with Crippen molar-refractivity contribution in [3.8, 4) is 0 Å². The Morgan fingerprint density at radius 2 is 1.71 bits per heavy atom. The van der Waals surface area contributed by atoms with E-state index in [0.717, 1.165) is 12.1 Å². The van der Waals surface area contributed by atoms with Crippen molar-refractivity contribution in [1.29, 1.82) is 0 Å². The van der Waals surface area contributed by atoms with Gasteiger partial charge in [0.15, 0.2) is 0 Å². The molecular formula is C19H23NO. The normalized spacial score (nSPS) is 20.9. The molecule has 2 nitrogen and oxygen atoms in total. The fourth-order valence-corrected chi connectivity index (χ4v) is 3.25. The van der Waals surface area contributed by atoms with Gasteiger partial charge < -0.3 is 10.4 Å². The minimum absolute atomic E-state index is 0.209. The molecule has 2 aromatic rings. The lowest BCUT2D eigenvalue weighted by Crippen LogP contribution is -2.19. The maximum absolute atomic E-state index is 8.97. The molecular weight excluding hydrogens is 258 g/mol. The largest absolute Gasteiger partial charge is 0.396 e. The number of hydrogen-bond acceptors (Lipinski definition) is 2. The number of aliphatic hydroxyl groups excluding tert-OH is 1. The standard InChI is InChI=1S/C19H23NO/c1-14-6-11-19(18-5-3-2-4-17(14)18)20-16-9-7-15(8-10-16)12-13-21/h2-5,7-10,14,19-21H,6,11-13H2,1H3. The number of anilines is 1. The molecule has 0 aliphatic heterocycles. The van der Waals surface area contributed by atoms with Gasteiger partial charge in [-0.2, -0.15) is 0 Å². The van der Waals surface area contributed by atoms with Gasteiger partial charge >= 0.3 is 0 Å². The summed E-state index contributed by atoms with van der Waals surface area (Å²) >= 11 is 0.